The predicted molar refractivity (Wildman–Crippen MR) is 88.5 cm³/mol. The maximum absolute atomic E-state index is 12.0. The van der Waals surface area contributed by atoms with Gasteiger partial charge in [0.15, 0.2) is 0 Å². The van der Waals surface area contributed by atoms with Crippen LogP contribution in [0.15, 0.2) is 61.2 Å². The monoisotopic (exact) mass is 330 g/mol. The van der Waals surface area contributed by atoms with Crippen molar-refractivity contribution in [2.45, 2.75) is 0 Å². The quantitative estimate of drug-likeness (QED) is 0.654. The van der Waals surface area contributed by atoms with Crippen molar-refractivity contribution in [1.82, 2.24) is 10.9 Å². The number of carbonyl (C=O) groups excluding carboxylic acids is 2. The van der Waals surface area contributed by atoms with E-state index in [1.165, 1.54) is 6.07 Å². The van der Waals surface area contributed by atoms with Crippen molar-refractivity contribution < 1.29 is 14.3 Å². The van der Waals surface area contributed by atoms with E-state index in [-0.39, 0.29) is 0 Å². The number of hydrogen-bond acceptors (Lipinski definition) is 3. The molecule has 0 aliphatic carbocycles. The average molecular weight is 331 g/mol. The van der Waals surface area contributed by atoms with Gasteiger partial charge in [0.1, 0.15) is 12.4 Å². The minimum atomic E-state index is -0.452. The average Bonchev–Trinajstić information content (AvgIpc) is 2.58. The molecule has 0 heterocycles. The van der Waals surface area contributed by atoms with Gasteiger partial charge in [0, 0.05) is 16.1 Å². The highest BCUT2D eigenvalue weighted by Crippen LogP contribution is 2.12. The molecule has 2 rings (SSSR count). The summed E-state index contributed by atoms with van der Waals surface area (Å²) in [6, 6.07) is 12.9. The van der Waals surface area contributed by atoms with E-state index in [2.05, 4.69) is 17.4 Å². The summed E-state index contributed by atoms with van der Waals surface area (Å²) in [5.74, 6) is -0.258. The number of hydrogen-bond donors (Lipinski definition) is 2. The number of rotatable bonds is 5. The molecule has 0 spiro atoms. The second-order valence-corrected chi connectivity index (χ2v) is 4.98. The van der Waals surface area contributed by atoms with Crippen molar-refractivity contribution in [3.05, 3.63) is 77.3 Å². The van der Waals surface area contributed by atoms with Gasteiger partial charge in [-0.15, -0.1) is 0 Å². The van der Waals surface area contributed by atoms with Crippen molar-refractivity contribution in [2.75, 3.05) is 6.61 Å². The van der Waals surface area contributed by atoms with Gasteiger partial charge in [-0.2, -0.15) is 0 Å². The lowest BCUT2D eigenvalue weighted by Gasteiger charge is -2.08. The van der Waals surface area contributed by atoms with Crippen LogP contribution in [0.25, 0.3) is 0 Å². The van der Waals surface area contributed by atoms with E-state index in [4.69, 9.17) is 16.3 Å². The fraction of sp³-hybridized carbons (Fsp3) is 0.0588. The summed E-state index contributed by atoms with van der Waals surface area (Å²) in [6.45, 7) is 3.95. The van der Waals surface area contributed by atoms with E-state index >= 15 is 0 Å². The molecular formula is C17H15ClN2O3. The van der Waals surface area contributed by atoms with Crippen LogP contribution in [0, 0.1) is 0 Å². The van der Waals surface area contributed by atoms with Gasteiger partial charge in [-0.25, -0.2) is 0 Å². The Morgan fingerprint density at radius 1 is 1.04 bits per heavy atom. The lowest BCUT2D eigenvalue weighted by molar-refractivity contribution is 0.0846. The van der Waals surface area contributed by atoms with E-state index in [0.717, 1.165) is 0 Å². The molecule has 0 aliphatic heterocycles. The molecule has 2 N–H and O–H groups in total. The molecule has 118 valence electrons. The van der Waals surface area contributed by atoms with Crippen LogP contribution in [-0.4, -0.2) is 18.4 Å². The molecule has 23 heavy (non-hydrogen) atoms. The fourth-order valence-corrected chi connectivity index (χ4v) is 1.94. The molecule has 0 bridgehead atoms. The largest absolute Gasteiger partial charge is 0.490 e. The zero-order valence-electron chi connectivity index (χ0n) is 12.2. The minimum absolute atomic E-state index is 0.353. The van der Waals surface area contributed by atoms with Crippen molar-refractivity contribution in [3.8, 4) is 5.75 Å². The summed E-state index contributed by atoms with van der Waals surface area (Å²) < 4.78 is 5.33. The molecule has 2 aromatic rings. The second kappa shape index (κ2) is 8.00. The van der Waals surface area contributed by atoms with Crippen LogP contribution in [0.2, 0.25) is 5.02 Å². The molecule has 0 fully saturated rings. The fourth-order valence-electron chi connectivity index (χ4n) is 1.75. The number of benzene rings is 2. The highest BCUT2D eigenvalue weighted by atomic mass is 35.5. The van der Waals surface area contributed by atoms with Crippen LogP contribution in [-0.2, 0) is 0 Å². The summed E-state index contributed by atoms with van der Waals surface area (Å²) in [5, 5.41) is 0.444. The summed E-state index contributed by atoms with van der Waals surface area (Å²) in [7, 11) is 0. The van der Waals surface area contributed by atoms with E-state index in [1.807, 2.05) is 0 Å². The number of hydrazine groups is 1. The molecule has 5 nitrogen and oxygen atoms in total. The Kier molecular flexibility index (Phi) is 5.77. The van der Waals surface area contributed by atoms with Crippen molar-refractivity contribution in [1.29, 1.82) is 0 Å². The lowest BCUT2D eigenvalue weighted by atomic mass is 10.2. The molecule has 2 aromatic carbocycles. The number of carbonyl (C=O) groups is 2. The maximum atomic E-state index is 12.0. The Morgan fingerprint density at radius 3 is 2.30 bits per heavy atom. The Hall–Kier alpha value is -2.79. The van der Waals surface area contributed by atoms with Gasteiger partial charge in [-0.1, -0.05) is 30.3 Å². The Morgan fingerprint density at radius 2 is 1.70 bits per heavy atom. The van der Waals surface area contributed by atoms with Crippen LogP contribution in [0.1, 0.15) is 20.7 Å². The molecule has 0 aliphatic rings. The molecule has 0 radical (unpaired) electrons. The van der Waals surface area contributed by atoms with Crippen LogP contribution < -0.4 is 15.6 Å². The van der Waals surface area contributed by atoms with Gasteiger partial charge in [0.25, 0.3) is 11.8 Å². The first-order chi connectivity index (χ1) is 11.1. The lowest BCUT2D eigenvalue weighted by Crippen LogP contribution is -2.41. The van der Waals surface area contributed by atoms with Gasteiger partial charge in [-0.3, -0.25) is 20.4 Å². The van der Waals surface area contributed by atoms with E-state index < -0.39 is 11.8 Å². The topological polar surface area (TPSA) is 67.4 Å². The number of halogens is 1. The van der Waals surface area contributed by atoms with Crippen LogP contribution in [0.4, 0.5) is 0 Å². The predicted octanol–water partition coefficient (Wildman–Crippen LogP) is 2.98. The normalized spacial score (nSPS) is 9.78. The minimum Gasteiger partial charge on any atom is -0.490 e. The molecule has 0 saturated carbocycles. The standard InChI is InChI=1S/C17H15ClN2O3/c1-2-10-23-15-8-6-12(7-9-15)16(21)19-20-17(22)13-4-3-5-14(18)11-13/h2-9,11H,1,10H2,(H,19,21)(H,20,22). The van der Waals surface area contributed by atoms with Crippen molar-refractivity contribution >= 4 is 23.4 Å². The summed E-state index contributed by atoms with van der Waals surface area (Å²) in [6.07, 6.45) is 1.63. The van der Waals surface area contributed by atoms with Crippen molar-refractivity contribution in [3.63, 3.8) is 0 Å². The zero-order chi connectivity index (χ0) is 16.7. The molecular weight excluding hydrogens is 316 g/mol. The highest BCUT2D eigenvalue weighted by molar-refractivity contribution is 6.30. The number of amides is 2. The smallest absolute Gasteiger partial charge is 0.269 e. The number of nitrogens with one attached hydrogen (secondary N) is 2. The Balaban J connectivity index is 1.91. The van der Waals surface area contributed by atoms with E-state index in [0.29, 0.717) is 28.5 Å². The van der Waals surface area contributed by atoms with Gasteiger partial charge < -0.3 is 4.74 Å². The highest BCUT2D eigenvalue weighted by Gasteiger charge is 2.09. The van der Waals surface area contributed by atoms with Crippen molar-refractivity contribution in [2.24, 2.45) is 0 Å². The molecule has 0 unspecified atom stereocenters. The van der Waals surface area contributed by atoms with Gasteiger partial charge in [-0.05, 0) is 42.5 Å². The maximum Gasteiger partial charge on any atom is 0.269 e. The van der Waals surface area contributed by atoms with Crippen LogP contribution in [0.3, 0.4) is 0 Å². The van der Waals surface area contributed by atoms with Gasteiger partial charge in [0.2, 0.25) is 0 Å². The third-order valence-electron chi connectivity index (χ3n) is 2.86. The van der Waals surface area contributed by atoms with Crippen LogP contribution >= 0.6 is 11.6 Å². The van der Waals surface area contributed by atoms with Gasteiger partial charge >= 0.3 is 0 Å². The Bertz CT molecular complexity index is 714. The summed E-state index contributed by atoms with van der Waals surface area (Å²) in [5.41, 5.74) is 5.42. The first-order valence-electron chi connectivity index (χ1n) is 6.80. The second-order valence-electron chi connectivity index (χ2n) is 4.54. The molecule has 6 heteroatoms. The van der Waals surface area contributed by atoms with E-state index in [9.17, 15) is 9.59 Å². The van der Waals surface area contributed by atoms with E-state index in [1.54, 1.807) is 48.5 Å². The third kappa shape index (κ3) is 4.86. The van der Waals surface area contributed by atoms with Crippen LogP contribution in [0.5, 0.6) is 5.75 Å². The Labute approximate surface area is 138 Å². The van der Waals surface area contributed by atoms with Gasteiger partial charge in [0.05, 0.1) is 0 Å². The molecule has 2 amide bonds. The first-order valence-corrected chi connectivity index (χ1v) is 7.18. The molecule has 0 saturated heterocycles. The summed E-state index contributed by atoms with van der Waals surface area (Å²) in [4.78, 5) is 23.9. The molecule has 0 aromatic heterocycles. The SMILES string of the molecule is C=CCOc1ccc(C(=O)NNC(=O)c2cccc(Cl)c2)cc1. The third-order valence-corrected chi connectivity index (χ3v) is 3.10. The first kappa shape index (κ1) is 16.6. The molecule has 0 atom stereocenters. The zero-order valence-corrected chi connectivity index (χ0v) is 13.0. The summed E-state index contributed by atoms with van der Waals surface area (Å²) >= 11 is 5.81. The number of ether oxygens (including phenoxy) is 1.